The number of pyridine rings is 1. The Morgan fingerprint density at radius 2 is 2.31 bits per heavy atom. The fraction of sp³-hybridized carbons (Fsp3) is 0.455. The van der Waals surface area contributed by atoms with Crippen molar-refractivity contribution >= 4 is 21.8 Å². The highest BCUT2D eigenvalue weighted by molar-refractivity contribution is 9.10. The van der Waals surface area contributed by atoms with Crippen LogP contribution in [0, 0.1) is 5.92 Å². The zero-order valence-electron chi connectivity index (χ0n) is 9.27. The zero-order chi connectivity index (χ0) is 12.1. The highest BCUT2D eigenvalue weighted by Crippen LogP contribution is 2.13. The highest BCUT2D eigenvalue weighted by atomic mass is 79.9. The van der Waals surface area contributed by atoms with Crippen molar-refractivity contribution in [1.29, 1.82) is 0 Å². The Morgan fingerprint density at radius 3 is 2.81 bits per heavy atom. The first-order valence-corrected chi connectivity index (χ1v) is 5.87. The van der Waals surface area contributed by atoms with E-state index >= 15 is 0 Å². The lowest BCUT2D eigenvalue weighted by atomic mass is 10.1. The minimum absolute atomic E-state index is 0.0682. The molecular formula is C11H15BrN2O2. The topological polar surface area (TPSA) is 62.2 Å². The molecule has 1 amide bonds. The fourth-order valence-corrected chi connectivity index (χ4v) is 1.66. The molecule has 4 nitrogen and oxygen atoms in total. The van der Waals surface area contributed by atoms with Gasteiger partial charge in [-0.2, -0.15) is 0 Å². The Hall–Kier alpha value is -0.940. The number of carbonyl (C=O) groups excluding carboxylic acids is 1. The summed E-state index contributed by atoms with van der Waals surface area (Å²) in [5.41, 5.74) is 0.474. The van der Waals surface area contributed by atoms with Crippen molar-refractivity contribution in [3.63, 3.8) is 0 Å². The molecule has 0 spiro atoms. The number of carbonyl (C=O) groups is 1. The van der Waals surface area contributed by atoms with Gasteiger partial charge in [-0.25, -0.2) is 4.98 Å². The smallest absolute Gasteiger partial charge is 0.254 e. The largest absolute Gasteiger partial charge is 0.394 e. The van der Waals surface area contributed by atoms with Gasteiger partial charge in [-0.1, -0.05) is 13.8 Å². The molecular weight excluding hydrogens is 272 g/mol. The molecule has 88 valence electrons. The third-order valence-electron chi connectivity index (χ3n) is 2.32. The first-order chi connectivity index (χ1) is 7.56. The lowest BCUT2D eigenvalue weighted by Crippen LogP contribution is -2.41. The molecule has 0 fully saturated rings. The number of hydrogen-bond donors (Lipinski definition) is 2. The van der Waals surface area contributed by atoms with E-state index in [0.717, 1.165) is 0 Å². The van der Waals surface area contributed by atoms with E-state index in [9.17, 15) is 4.79 Å². The second-order valence-electron chi connectivity index (χ2n) is 3.85. The number of nitrogens with one attached hydrogen (secondary N) is 1. The molecule has 0 aromatic carbocycles. The van der Waals surface area contributed by atoms with Crippen LogP contribution in [-0.4, -0.2) is 28.6 Å². The van der Waals surface area contributed by atoms with Crippen LogP contribution in [0.5, 0.6) is 0 Å². The maximum Gasteiger partial charge on any atom is 0.254 e. The molecule has 16 heavy (non-hydrogen) atoms. The standard InChI is InChI=1S/C11H15BrN2O2/c1-7(2)9(6-15)14-11(16)8-4-3-5-13-10(8)12/h3-5,7,9,15H,6H2,1-2H3,(H,14,16). The number of hydrogen-bond acceptors (Lipinski definition) is 3. The Labute approximate surface area is 103 Å². The number of nitrogens with zero attached hydrogens (tertiary/aromatic N) is 1. The molecule has 1 heterocycles. The van der Waals surface area contributed by atoms with E-state index in [1.54, 1.807) is 18.3 Å². The Balaban J connectivity index is 2.76. The third-order valence-corrected chi connectivity index (χ3v) is 2.95. The van der Waals surface area contributed by atoms with Crippen LogP contribution in [0.3, 0.4) is 0 Å². The fourth-order valence-electron chi connectivity index (χ4n) is 1.22. The molecule has 1 rings (SSSR count). The van der Waals surface area contributed by atoms with Gasteiger partial charge < -0.3 is 10.4 Å². The molecule has 1 atom stereocenters. The van der Waals surface area contributed by atoms with Gasteiger partial charge in [-0.3, -0.25) is 4.79 Å². The summed E-state index contributed by atoms with van der Waals surface area (Å²) in [6.45, 7) is 3.82. The van der Waals surface area contributed by atoms with Crippen molar-refractivity contribution in [2.45, 2.75) is 19.9 Å². The summed E-state index contributed by atoms with van der Waals surface area (Å²) in [5, 5.41) is 11.9. The molecule has 0 radical (unpaired) electrons. The van der Waals surface area contributed by atoms with Crippen LogP contribution < -0.4 is 5.32 Å². The molecule has 0 saturated heterocycles. The normalized spacial score (nSPS) is 12.6. The second kappa shape index (κ2) is 5.96. The monoisotopic (exact) mass is 286 g/mol. The van der Waals surface area contributed by atoms with Crippen LogP contribution in [0.25, 0.3) is 0 Å². The lowest BCUT2D eigenvalue weighted by Gasteiger charge is -2.19. The van der Waals surface area contributed by atoms with Gasteiger partial charge in [0.25, 0.3) is 5.91 Å². The van der Waals surface area contributed by atoms with E-state index in [1.165, 1.54) is 0 Å². The zero-order valence-corrected chi connectivity index (χ0v) is 10.9. The summed E-state index contributed by atoms with van der Waals surface area (Å²) in [6.07, 6.45) is 1.60. The Kier molecular flexibility index (Phi) is 4.89. The van der Waals surface area contributed by atoms with Crippen LogP contribution in [0.1, 0.15) is 24.2 Å². The first-order valence-electron chi connectivity index (χ1n) is 5.08. The number of halogens is 1. The van der Waals surface area contributed by atoms with Crippen molar-refractivity contribution < 1.29 is 9.90 Å². The Bertz CT molecular complexity index is 369. The van der Waals surface area contributed by atoms with E-state index in [2.05, 4.69) is 26.2 Å². The van der Waals surface area contributed by atoms with Gasteiger partial charge in [-0.15, -0.1) is 0 Å². The van der Waals surface area contributed by atoms with Crippen molar-refractivity contribution in [2.75, 3.05) is 6.61 Å². The second-order valence-corrected chi connectivity index (χ2v) is 4.60. The number of amides is 1. The minimum atomic E-state index is -0.236. The van der Waals surface area contributed by atoms with Crippen molar-refractivity contribution in [2.24, 2.45) is 5.92 Å². The summed E-state index contributed by atoms with van der Waals surface area (Å²) < 4.78 is 0.507. The summed E-state index contributed by atoms with van der Waals surface area (Å²) >= 11 is 3.21. The molecule has 5 heteroatoms. The van der Waals surface area contributed by atoms with Gasteiger partial charge in [0, 0.05) is 6.20 Å². The van der Waals surface area contributed by atoms with Gasteiger partial charge in [0.2, 0.25) is 0 Å². The van der Waals surface area contributed by atoms with E-state index in [1.807, 2.05) is 13.8 Å². The molecule has 2 N–H and O–H groups in total. The summed E-state index contributed by atoms with van der Waals surface area (Å²) in [5.74, 6) is -0.0443. The van der Waals surface area contributed by atoms with Crippen molar-refractivity contribution in [1.82, 2.24) is 10.3 Å². The third kappa shape index (κ3) is 3.28. The lowest BCUT2D eigenvalue weighted by molar-refractivity contribution is 0.0895. The van der Waals surface area contributed by atoms with Crippen LogP contribution in [0.2, 0.25) is 0 Å². The number of rotatable bonds is 4. The predicted molar refractivity (Wildman–Crippen MR) is 65.1 cm³/mol. The first kappa shape index (κ1) is 13.1. The van der Waals surface area contributed by atoms with E-state index in [-0.39, 0.29) is 24.5 Å². The molecule has 0 saturated carbocycles. The quantitative estimate of drug-likeness (QED) is 0.827. The highest BCUT2D eigenvalue weighted by Gasteiger charge is 2.17. The van der Waals surface area contributed by atoms with E-state index in [0.29, 0.717) is 10.2 Å². The number of aliphatic hydroxyl groups excluding tert-OH is 1. The van der Waals surface area contributed by atoms with Crippen LogP contribution >= 0.6 is 15.9 Å². The van der Waals surface area contributed by atoms with Gasteiger partial charge >= 0.3 is 0 Å². The minimum Gasteiger partial charge on any atom is -0.394 e. The molecule has 0 aliphatic rings. The summed E-state index contributed by atoms with van der Waals surface area (Å²) in [4.78, 5) is 15.8. The molecule has 1 unspecified atom stereocenters. The molecule has 0 bridgehead atoms. The maximum atomic E-state index is 11.8. The SMILES string of the molecule is CC(C)C(CO)NC(=O)c1cccnc1Br. The van der Waals surface area contributed by atoms with Gasteiger partial charge in [0.05, 0.1) is 18.2 Å². The van der Waals surface area contributed by atoms with Crippen LogP contribution in [0.15, 0.2) is 22.9 Å². The van der Waals surface area contributed by atoms with E-state index < -0.39 is 0 Å². The molecule has 0 aliphatic heterocycles. The molecule has 1 aromatic heterocycles. The van der Waals surface area contributed by atoms with Crippen molar-refractivity contribution in [3.05, 3.63) is 28.5 Å². The maximum absolute atomic E-state index is 11.8. The molecule has 0 aliphatic carbocycles. The van der Waals surface area contributed by atoms with Crippen LogP contribution in [0.4, 0.5) is 0 Å². The van der Waals surface area contributed by atoms with Gasteiger partial charge in [0.1, 0.15) is 4.60 Å². The number of aliphatic hydroxyl groups is 1. The van der Waals surface area contributed by atoms with E-state index in [4.69, 9.17) is 5.11 Å². The number of aromatic nitrogens is 1. The predicted octanol–water partition coefficient (Wildman–Crippen LogP) is 1.59. The summed E-state index contributed by atoms with van der Waals surface area (Å²) in [6, 6.07) is 3.14. The Morgan fingerprint density at radius 1 is 1.62 bits per heavy atom. The average molecular weight is 287 g/mol. The van der Waals surface area contributed by atoms with Gasteiger partial charge in [-0.05, 0) is 34.0 Å². The summed E-state index contributed by atoms with van der Waals surface area (Å²) in [7, 11) is 0. The van der Waals surface area contributed by atoms with Gasteiger partial charge in [0.15, 0.2) is 0 Å². The van der Waals surface area contributed by atoms with Crippen LogP contribution in [-0.2, 0) is 0 Å². The van der Waals surface area contributed by atoms with Crippen molar-refractivity contribution in [3.8, 4) is 0 Å². The molecule has 1 aromatic rings. The average Bonchev–Trinajstić information content (AvgIpc) is 2.25.